The van der Waals surface area contributed by atoms with Crippen LogP contribution in [-0.2, 0) is 0 Å². The van der Waals surface area contributed by atoms with Crippen LogP contribution in [0, 0.1) is 0 Å². The maximum Gasteiger partial charge on any atom is 0.0166 e. The number of rotatable bonds is 0. The Morgan fingerprint density at radius 3 is 2.75 bits per heavy atom. The minimum Gasteiger partial charge on any atom is -0.355 e. The molecule has 0 aliphatic carbocycles. The molecule has 1 heteroatoms. The zero-order valence-electron chi connectivity index (χ0n) is 5.39. The third kappa shape index (κ3) is 0.760. The van der Waals surface area contributed by atoms with Crippen LogP contribution in [0.15, 0.2) is 24.0 Å². The molecule has 0 saturated carbocycles. The van der Waals surface area contributed by atoms with Gasteiger partial charge in [0.15, 0.2) is 0 Å². The van der Waals surface area contributed by atoms with Gasteiger partial charge in [0.05, 0.1) is 0 Å². The topological polar surface area (TPSA) is 3.24 Å². The molecule has 0 saturated heterocycles. The Labute approximate surface area is 50.3 Å². The lowest BCUT2D eigenvalue weighted by atomic mass is 10.3. The molecule has 0 bridgehead atoms. The van der Waals surface area contributed by atoms with Crippen molar-refractivity contribution < 1.29 is 0 Å². The van der Waals surface area contributed by atoms with Gasteiger partial charge in [0.25, 0.3) is 0 Å². The van der Waals surface area contributed by atoms with Crippen molar-refractivity contribution in [2.75, 3.05) is 7.05 Å². The molecule has 0 aromatic heterocycles. The standard InChI is InChI=1S/C7H11N/c1-3-7-5-4-6-8(7)2/h3-4,6H,5H2,1-2H3/b7-3+. The lowest BCUT2D eigenvalue weighted by Gasteiger charge is -2.08. The minimum absolute atomic E-state index is 1.10. The fraction of sp³-hybridized carbons (Fsp3) is 0.429. The third-order valence-electron chi connectivity index (χ3n) is 1.44. The first kappa shape index (κ1) is 5.42. The Hall–Kier alpha value is -0.720. The summed E-state index contributed by atoms with van der Waals surface area (Å²) in [6, 6.07) is 0. The van der Waals surface area contributed by atoms with E-state index >= 15 is 0 Å². The van der Waals surface area contributed by atoms with Gasteiger partial charge in [-0.25, -0.2) is 0 Å². The summed E-state index contributed by atoms with van der Waals surface area (Å²) in [5.74, 6) is 0. The maximum absolute atomic E-state index is 2.16. The highest BCUT2D eigenvalue weighted by molar-refractivity contribution is 5.14. The van der Waals surface area contributed by atoms with Gasteiger partial charge in [-0.2, -0.15) is 0 Å². The van der Waals surface area contributed by atoms with E-state index in [4.69, 9.17) is 0 Å². The molecule has 0 N–H and O–H groups in total. The number of nitrogens with zero attached hydrogens (tertiary/aromatic N) is 1. The molecule has 8 heavy (non-hydrogen) atoms. The van der Waals surface area contributed by atoms with Gasteiger partial charge in [-0.05, 0) is 13.1 Å². The zero-order chi connectivity index (χ0) is 5.98. The van der Waals surface area contributed by atoms with Gasteiger partial charge in [-0.15, -0.1) is 0 Å². The van der Waals surface area contributed by atoms with Crippen LogP contribution in [0.1, 0.15) is 13.3 Å². The number of hydrogen-bond acceptors (Lipinski definition) is 1. The molecular formula is C7H11N. The molecule has 0 aromatic rings. The minimum atomic E-state index is 1.10. The Morgan fingerprint density at radius 2 is 2.50 bits per heavy atom. The second-order valence-corrected chi connectivity index (χ2v) is 1.98. The van der Waals surface area contributed by atoms with E-state index in [1.54, 1.807) is 0 Å². The lowest BCUT2D eigenvalue weighted by Crippen LogP contribution is -2.02. The summed E-state index contributed by atoms with van der Waals surface area (Å²) in [6.07, 6.45) is 7.50. The average molecular weight is 109 g/mol. The summed E-state index contributed by atoms with van der Waals surface area (Å²) in [4.78, 5) is 2.14. The SMILES string of the molecule is C/C=C1\CC=CN1C. The molecule has 1 aliphatic rings. The van der Waals surface area contributed by atoms with Crippen LogP contribution in [0.5, 0.6) is 0 Å². The Kier molecular flexibility index (Phi) is 1.38. The van der Waals surface area contributed by atoms with Crippen molar-refractivity contribution in [1.82, 2.24) is 4.90 Å². The fourth-order valence-corrected chi connectivity index (χ4v) is 0.893. The summed E-state index contributed by atoms with van der Waals surface area (Å²) in [5.41, 5.74) is 1.39. The molecule has 0 fully saturated rings. The monoisotopic (exact) mass is 109 g/mol. The van der Waals surface area contributed by atoms with Crippen molar-refractivity contribution in [3.63, 3.8) is 0 Å². The van der Waals surface area contributed by atoms with Crippen LogP contribution >= 0.6 is 0 Å². The van der Waals surface area contributed by atoms with Gasteiger partial charge >= 0.3 is 0 Å². The quantitative estimate of drug-likeness (QED) is 0.458. The molecule has 0 radical (unpaired) electrons. The Balaban J connectivity index is 2.64. The van der Waals surface area contributed by atoms with Crippen LogP contribution in [0.2, 0.25) is 0 Å². The van der Waals surface area contributed by atoms with Gasteiger partial charge in [-0.1, -0.05) is 12.2 Å². The van der Waals surface area contributed by atoms with Gasteiger partial charge in [0.2, 0.25) is 0 Å². The van der Waals surface area contributed by atoms with Crippen molar-refractivity contribution in [3.05, 3.63) is 24.0 Å². The second-order valence-electron chi connectivity index (χ2n) is 1.98. The van der Waals surface area contributed by atoms with E-state index in [-0.39, 0.29) is 0 Å². The molecule has 0 atom stereocenters. The van der Waals surface area contributed by atoms with E-state index in [1.165, 1.54) is 5.70 Å². The van der Waals surface area contributed by atoms with Crippen molar-refractivity contribution >= 4 is 0 Å². The van der Waals surface area contributed by atoms with Gasteiger partial charge < -0.3 is 4.90 Å². The molecule has 0 spiro atoms. The molecule has 1 rings (SSSR count). The van der Waals surface area contributed by atoms with E-state index in [0.29, 0.717) is 0 Å². The van der Waals surface area contributed by atoms with Gasteiger partial charge in [0.1, 0.15) is 0 Å². The van der Waals surface area contributed by atoms with E-state index < -0.39 is 0 Å². The van der Waals surface area contributed by atoms with E-state index in [9.17, 15) is 0 Å². The van der Waals surface area contributed by atoms with Crippen LogP contribution in [0.4, 0.5) is 0 Å². The molecule has 1 aliphatic heterocycles. The van der Waals surface area contributed by atoms with E-state index in [1.807, 2.05) is 0 Å². The molecule has 0 unspecified atom stereocenters. The van der Waals surface area contributed by atoms with Crippen LogP contribution in [0.25, 0.3) is 0 Å². The molecule has 1 nitrogen and oxygen atoms in total. The zero-order valence-corrected chi connectivity index (χ0v) is 5.39. The first-order valence-corrected chi connectivity index (χ1v) is 2.89. The predicted molar refractivity (Wildman–Crippen MR) is 35.3 cm³/mol. The highest BCUT2D eigenvalue weighted by Crippen LogP contribution is 2.14. The first-order chi connectivity index (χ1) is 3.84. The molecule has 1 heterocycles. The summed E-state index contributed by atoms with van der Waals surface area (Å²) in [5, 5.41) is 0. The summed E-state index contributed by atoms with van der Waals surface area (Å²) in [7, 11) is 2.07. The van der Waals surface area contributed by atoms with Gasteiger partial charge in [0, 0.05) is 19.2 Å². The smallest absolute Gasteiger partial charge is 0.0166 e. The summed E-state index contributed by atoms with van der Waals surface area (Å²) >= 11 is 0. The van der Waals surface area contributed by atoms with Crippen molar-refractivity contribution in [2.24, 2.45) is 0 Å². The lowest BCUT2D eigenvalue weighted by molar-refractivity contribution is 0.584. The van der Waals surface area contributed by atoms with Crippen molar-refractivity contribution in [1.29, 1.82) is 0 Å². The van der Waals surface area contributed by atoms with Crippen LogP contribution in [-0.4, -0.2) is 11.9 Å². The van der Waals surface area contributed by atoms with Crippen molar-refractivity contribution in [2.45, 2.75) is 13.3 Å². The Morgan fingerprint density at radius 1 is 1.75 bits per heavy atom. The normalized spacial score (nSPS) is 23.2. The van der Waals surface area contributed by atoms with E-state index in [0.717, 1.165) is 6.42 Å². The van der Waals surface area contributed by atoms with Crippen LogP contribution in [0.3, 0.4) is 0 Å². The number of hydrogen-bond donors (Lipinski definition) is 0. The molecule has 44 valence electrons. The highest BCUT2D eigenvalue weighted by atomic mass is 15.1. The predicted octanol–water partition coefficient (Wildman–Crippen LogP) is 1.74. The molecule has 0 aromatic carbocycles. The van der Waals surface area contributed by atoms with Gasteiger partial charge in [-0.3, -0.25) is 0 Å². The molecule has 0 amide bonds. The van der Waals surface area contributed by atoms with Crippen LogP contribution < -0.4 is 0 Å². The average Bonchev–Trinajstić information content (AvgIpc) is 2.14. The first-order valence-electron chi connectivity index (χ1n) is 2.89. The van der Waals surface area contributed by atoms with E-state index in [2.05, 4.69) is 37.2 Å². The Bertz CT molecular complexity index is 133. The molecular weight excluding hydrogens is 98.1 g/mol. The largest absolute Gasteiger partial charge is 0.355 e. The summed E-state index contributed by atoms with van der Waals surface area (Å²) in [6.45, 7) is 2.07. The fourth-order valence-electron chi connectivity index (χ4n) is 0.893. The third-order valence-corrected chi connectivity index (χ3v) is 1.44. The number of allylic oxidation sites excluding steroid dienone is 2. The second kappa shape index (κ2) is 2.03. The highest BCUT2D eigenvalue weighted by Gasteiger charge is 2.02. The van der Waals surface area contributed by atoms with Crippen molar-refractivity contribution in [3.8, 4) is 0 Å². The summed E-state index contributed by atoms with van der Waals surface area (Å²) < 4.78 is 0. The maximum atomic E-state index is 2.16.